The molecule has 1 unspecified atom stereocenters. The van der Waals surface area contributed by atoms with Gasteiger partial charge < -0.3 is 5.32 Å². The summed E-state index contributed by atoms with van der Waals surface area (Å²) in [7, 11) is 0. The first-order valence-electron chi connectivity index (χ1n) is 6.41. The monoisotopic (exact) mass is 230 g/mol. The van der Waals surface area contributed by atoms with E-state index in [9.17, 15) is 0 Å². The number of aromatic nitrogens is 3. The summed E-state index contributed by atoms with van der Waals surface area (Å²) in [6, 6.07) is 2.67. The predicted octanol–water partition coefficient (Wildman–Crippen LogP) is 1.59. The summed E-state index contributed by atoms with van der Waals surface area (Å²) in [6.45, 7) is 3.27. The fourth-order valence-corrected chi connectivity index (χ4v) is 2.46. The number of hydrogen-bond acceptors (Lipinski definition) is 3. The molecule has 0 spiro atoms. The van der Waals surface area contributed by atoms with Gasteiger partial charge in [-0.15, -0.1) is 0 Å². The maximum absolute atomic E-state index is 4.50. The molecule has 0 bridgehead atoms. The molecule has 4 heteroatoms. The Morgan fingerprint density at radius 2 is 2.47 bits per heavy atom. The molecule has 90 valence electrons. The molecule has 1 N–H and O–H groups in total. The van der Waals surface area contributed by atoms with Crippen LogP contribution in [-0.2, 0) is 12.8 Å². The number of fused-ring (bicyclic) bond motifs is 1. The summed E-state index contributed by atoms with van der Waals surface area (Å²) >= 11 is 0. The van der Waals surface area contributed by atoms with Crippen LogP contribution in [-0.4, -0.2) is 27.2 Å². The lowest BCUT2D eigenvalue weighted by Gasteiger charge is -2.09. The van der Waals surface area contributed by atoms with Crippen LogP contribution in [0.3, 0.4) is 0 Å². The first kappa shape index (κ1) is 10.7. The Kier molecular flexibility index (Phi) is 2.81. The van der Waals surface area contributed by atoms with E-state index < -0.39 is 0 Å². The number of rotatable bonds is 3. The largest absolute Gasteiger partial charge is 0.314 e. The average molecular weight is 230 g/mol. The van der Waals surface area contributed by atoms with Crippen LogP contribution in [0.25, 0.3) is 5.65 Å². The minimum absolute atomic E-state index is 0.621. The van der Waals surface area contributed by atoms with E-state index >= 15 is 0 Å². The molecule has 4 nitrogen and oxygen atoms in total. The Labute approximate surface area is 101 Å². The van der Waals surface area contributed by atoms with Crippen LogP contribution in [0.15, 0.2) is 18.5 Å². The second kappa shape index (κ2) is 4.45. The van der Waals surface area contributed by atoms with Gasteiger partial charge in [-0.2, -0.15) is 5.10 Å². The lowest BCUT2D eigenvalue weighted by molar-refractivity contribution is 0.599. The van der Waals surface area contributed by atoms with Crippen LogP contribution in [0.2, 0.25) is 0 Å². The highest BCUT2D eigenvalue weighted by atomic mass is 15.2. The maximum Gasteiger partial charge on any atom is 0.155 e. The first-order chi connectivity index (χ1) is 8.35. The van der Waals surface area contributed by atoms with Crippen LogP contribution < -0.4 is 5.32 Å². The lowest BCUT2D eigenvalue weighted by Crippen LogP contribution is -2.23. The van der Waals surface area contributed by atoms with E-state index in [0.29, 0.717) is 6.04 Å². The van der Waals surface area contributed by atoms with Gasteiger partial charge in [0.25, 0.3) is 0 Å². The van der Waals surface area contributed by atoms with Gasteiger partial charge in [-0.3, -0.25) is 0 Å². The topological polar surface area (TPSA) is 42.2 Å². The number of nitrogens with one attached hydrogen (secondary N) is 1. The van der Waals surface area contributed by atoms with Crippen LogP contribution in [0, 0.1) is 0 Å². The maximum atomic E-state index is 4.50. The number of aryl methyl sites for hydroxylation is 1. The van der Waals surface area contributed by atoms with Crippen molar-refractivity contribution in [3.05, 3.63) is 29.7 Å². The molecule has 1 aliphatic heterocycles. The fraction of sp³-hybridized carbons (Fsp3) is 0.538. The summed E-state index contributed by atoms with van der Waals surface area (Å²) in [5.41, 5.74) is 3.32. The van der Waals surface area contributed by atoms with Crippen molar-refractivity contribution in [3.8, 4) is 0 Å². The average Bonchev–Trinajstić information content (AvgIpc) is 2.96. The van der Waals surface area contributed by atoms with E-state index in [1.807, 2.05) is 10.7 Å². The zero-order valence-electron chi connectivity index (χ0n) is 10.2. The molecule has 1 aliphatic rings. The van der Waals surface area contributed by atoms with E-state index in [-0.39, 0.29) is 0 Å². The summed E-state index contributed by atoms with van der Waals surface area (Å²) < 4.78 is 1.91. The Morgan fingerprint density at radius 1 is 1.53 bits per heavy atom. The van der Waals surface area contributed by atoms with Crippen LogP contribution in [0.1, 0.15) is 31.0 Å². The molecular formula is C13H18N4. The van der Waals surface area contributed by atoms with Crippen LogP contribution >= 0.6 is 0 Å². The van der Waals surface area contributed by atoms with E-state index in [2.05, 4.69) is 34.6 Å². The normalized spacial score (nSPS) is 20.2. The Balaban J connectivity index is 1.84. The highest BCUT2D eigenvalue weighted by Gasteiger charge is 2.14. The standard InChI is InChI=1S/C13H18N4/c1-2-11-7-13-15-8-10(9-17(13)16-11)6-12-4-3-5-14-12/h7-9,12,14H,2-6H2,1H3. The molecule has 0 amide bonds. The van der Waals surface area contributed by atoms with Crippen LogP contribution in [0.4, 0.5) is 0 Å². The number of nitrogens with zero attached hydrogens (tertiary/aromatic N) is 3. The molecule has 0 aromatic carbocycles. The zero-order valence-corrected chi connectivity index (χ0v) is 10.2. The van der Waals surface area contributed by atoms with Gasteiger partial charge in [-0.25, -0.2) is 9.50 Å². The minimum Gasteiger partial charge on any atom is -0.314 e. The van der Waals surface area contributed by atoms with E-state index in [4.69, 9.17) is 0 Å². The lowest BCUT2D eigenvalue weighted by atomic mass is 10.1. The van der Waals surface area contributed by atoms with E-state index in [1.54, 1.807) is 0 Å². The van der Waals surface area contributed by atoms with Gasteiger partial charge in [0.1, 0.15) is 0 Å². The predicted molar refractivity (Wildman–Crippen MR) is 67.1 cm³/mol. The molecule has 17 heavy (non-hydrogen) atoms. The van der Waals surface area contributed by atoms with Crippen molar-refractivity contribution >= 4 is 5.65 Å². The molecule has 3 rings (SSSR count). The highest BCUT2D eigenvalue weighted by molar-refractivity contribution is 5.39. The van der Waals surface area contributed by atoms with Crippen molar-refractivity contribution in [3.63, 3.8) is 0 Å². The first-order valence-corrected chi connectivity index (χ1v) is 6.41. The molecule has 3 heterocycles. The van der Waals surface area contributed by atoms with Gasteiger partial charge in [0.05, 0.1) is 5.69 Å². The fourth-order valence-electron chi connectivity index (χ4n) is 2.46. The quantitative estimate of drug-likeness (QED) is 0.870. The van der Waals surface area contributed by atoms with Crippen molar-refractivity contribution < 1.29 is 0 Å². The summed E-state index contributed by atoms with van der Waals surface area (Å²) in [5.74, 6) is 0. The Bertz CT molecular complexity index is 511. The van der Waals surface area contributed by atoms with Crippen molar-refractivity contribution in [1.29, 1.82) is 0 Å². The Morgan fingerprint density at radius 3 is 3.24 bits per heavy atom. The van der Waals surface area contributed by atoms with Gasteiger partial charge in [0.2, 0.25) is 0 Å². The third kappa shape index (κ3) is 2.17. The van der Waals surface area contributed by atoms with E-state index in [0.717, 1.165) is 30.7 Å². The van der Waals surface area contributed by atoms with Crippen molar-refractivity contribution in [2.45, 2.75) is 38.6 Å². The third-order valence-electron chi connectivity index (χ3n) is 3.42. The molecule has 0 saturated carbocycles. The summed E-state index contributed by atoms with van der Waals surface area (Å²) in [6.07, 6.45) is 8.69. The van der Waals surface area contributed by atoms with Gasteiger partial charge in [-0.05, 0) is 37.8 Å². The molecule has 0 aliphatic carbocycles. The molecule has 1 saturated heterocycles. The second-order valence-electron chi connectivity index (χ2n) is 4.75. The SMILES string of the molecule is CCc1cc2ncc(CC3CCCN3)cn2n1. The summed E-state index contributed by atoms with van der Waals surface area (Å²) in [4.78, 5) is 4.46. The van der Waals surface area contributed by atoms with Gasteiger partial charge in [0.15, 0.2) is 5.65 Å². The molecule has 1 fully saturated rings. The highest BCUT2D eigenvalue weighted by Crippen LogP contribution is 2.12. The van der Waals surface area contributed by atoms with Crippen molar-refractivity contribution in [2.24, 2.45) is 0 Å². The van der Waals surface area contributed by atoms with E-state index in [1.165, 1.54) is 18.4 Å². The number of hydrogen-bond donors (Lipinski definition) is 1. The van der Waals surface area contributed by atoms with Gasteiger partial charge >= 0.3 is 0 Å². The molecular weight excluding hydrogens is 212 g/mol. The summed E-state index contributed by atoms with van der Waals surface area (Å²) in [5, 5.41) is 8.01. The molecule has 1 atom stereocenters. The zero-order chi connectivity index (χ0) is 11.7. The molecule has 2 aromatic rings. The third-order valence-corrected chi connectivity index (χ3v) is 3.42. The second-order valence-corrected chi connectivity index (χ2v) is 4.75. The van der Waals surface area contributed by atoms with Gasteiger partial charge in [0, 0.05) is 24.5 Å². The van der Waals surface area contributed by atoms with Crippen LogP contribution in [0.5, 0.6) is 0 Å². The van der Waals surface area contributed by atoms with Crippen molar-refractivity contribution in [1.82, 2.24) is 19.9 Å². The van der Waals surface area contributed by atoms with Gasteiger partial charge in [-0.1, -0.05) is 6.92 Å². The minimum atomic E-state index is 0.621. The van der Waals surface area contributed by atoms with Crippen molar-refractivity contribution in [2.75, 3.05) is 6.54 Å². The Hall–Kier alpha value is -1.42. The molecule has 2 aromatic heterocycles. The smallest absolute Gasteiger partial charge is 0.155 e. The molecule has 0 radical (unpaired) electrons.